The molecule has 2 rings (SSSR count). The Morgan fingerprint density at radius 3 is 2.62 bits per heavy atom. The van der Waals surface area contributed by atoms with E-state index in [2.05, 4.69) is 10.3 Å². The van der Waals surface area contributed by atoms with Gasteiger partial charge in [0, 0.05) is 0 Å². The molecule has 0 saturated heterocycles. The number of hydrogen-bond donors (Lipinski definition) is 2. The monoisotopic (exact) mass is 306 g/mol. The number of aromatic carboxylic acids is 1. The van der Waals surface area contributed by atoms with Crippen LogP contribution in [0.3, 0.4) is 0 Å². The summed E-state index contributed by atoms with van der Waals surface area (Å²) in [7, 11) is 0. The second-order valence-corrected chi connectivity index (χ2v) is 5.14. The number of hydrogen-bond acceptors (Lipinski definition) is 5. The number of carbonyl (C=O) groups excluding carboxylic acids is 1. The summed E-state index contributed by atoms with van der Waals surface area (Å²) in [6.45, 7) is 1.95. The van der Waals surface area contributed by atoms with Crippen molar-refractivity contribution in [2.45, 2.75) is 20.0 Å². The van der Waals surface area contributed by atoms with Gasteiger partial charge in [-0.2, -0.15) is 0 Å². The van der Waals surface area contributed by atoms with Gasteiger partial charge in [-0.15, -0.1) is 0 Å². The number of carbonyl (C=O) groups is 2. The fraction of sp³-hybridized carbons (Fsp3) is 0.214. The summed E-state index contributed by atoms with van der Waals surface area (Å²) in [5, 5.41) is 11.7. The number of carboxylic acid groups (broad SMARTS) is 1. The number of nitrogens with zero attached hydrogens (tertiary/aromatic N) is 1. The number of carboxylic acids is 1. The van der Waals surface area contributed by atoms with Crippen LogP contribution in [0.5, 0.6) is 0 Å². The third kappa shape index (κ3) is 4.03. The minimum absolute atomic E-state index is 0.135. The normalized spacial score (nSPS) is 10.1. The Morgan fingerprint density at radius 2 is 2.05 bits per heavy atom. The molecule has 1 aromatic carbocycles. The van der Waals surface area contributed by atoms with E-state index in [1.165, 1.54) is 0 Å². The van der Waals surface area contributed by atoms with E-state index in [0.717, 1.165) is 16.9 Å². The number of aromatic nitrogens is 1. The molecular formula is C14H14N2O4S. The average Bonchev–Trinajstić information content (AvgIpc) is 2.89. The molecule has 0 aliphatic rings. The van der Waals surface area contributed by atoms with Crippen LogP contribution < -0.4 is 5.32 Å². The van der Waals surface area contributed by atoms with Crippen LogP contribution in [0.2, 0.25) is 0 Å². The van der Waals surface area contributed by atoms with Gasteiger partial charge in [0.1, 0.15) is 11.5 Å². The number of anilines is 1. The number of benzene rings is 1. The SMILES string of the molecule is CCc1nc(NC(=O)OCc2ccccc2)sc1C(=O)O. The third-order valence-electron chi connectivity index (χ3n) is 2.65. The van der Waals surface area contributed by atoms with Gasteiger partial charge in [-0.1, -0.05) is 48.6 Å². The van der Waals surface area contributed by atoms with E-state index in [4.69, 9.17) is 9.84 Å². The number of nitrogens with one attached hydrogen (secondary N) is 1. The van der Waals surface area contributed by atoms with Crippen LogP contribution in [-0.4, -0.2) is 22.2 Å². The zero-order chi connectivity index (χ0) is 15.2. The summed E-state index contributed by atoms with van der Waals surface area (Å²) < 4.78 is 5.04. The maximum Gasteiger partial charge on any atom is 0.413 e. The summed E-state index contributed by atoms with van der Waals surface area (Å²) in [5.74, 6) is -1.05. The van der Waals surface area contributed by atoms with Crippen LogP contribution >= 0.6 is 11.3 Å². The first-order valence-electron chi connectivity index (χ1n) is 6.31. The van der Waals surface area contributed by atoms with Crippen LogP contribution in [0.4, 0.5) is 9.93 Å². The minimum Gasteiger partial charge on any atom is -0.477 e. The van der Waals surface area contributed by atoms with Crippen LogP contribution in [0.15, 0.2) is 30.3 Å². The molecule has 0 radical (unpaired) electrons. The Kier molecular flexibility index (Phi) is 4.89. The molecule has 6 nitrogen and oxygen atoms in total. The van der Waals surface area contributed by atoms with Gasteiger partial charge in [0.05, 0.1) is 5.69 Å². The number of ether oxygens (including phenoxy) is 1. The fourth-order valence-electron chi connectivity index (χ4n) is 1.66. The Hall–Kier alpha value is -2.41. The zero-order valence-corrected chi connectivity index (χ0v) is 12.1. The Morgan fingerprint density at radius 1 is 1.33 bits per heavy atom. The highest BCUT2D eigenvalue weighted by Gasteiger charge is 2.17. The van der Waals surface area contributed by atoms with Gasteiger partial charge in [0.25, 0.3) is 0 Å². The summed E-state index contributed by atoms with van der Waals surface area (Å²) in [5.41, 5.74) is 1.32. The Bertz CT molecular complexity index is 640. The fourth-order valence-corrected chi connectivity index (χ4v) is 2.54. The summed E-state index contributed by atoms with van der Waals surface area (Å²) in [6.07, 6.45) is -0.175. The number of rotatable bonds is 5. The predicted molar refractivity (Wildman–Crippen MR) is 78.7 cm³/mol. The van der Waals surface area contributed by atoms with Crippen molar-refractivity contribution in [3.63, 3.8) is 0 Å². The predicted octanol–water partition coefficient (Wildman–Crippen LogP) is 3.15. The standard InChI is InChI=1S/C14H14N2O4S/c1-2-10-11(12(17)18)21-13(15-10)16-14(19)20-8-9-6-4-3-5-7-9/h3-7H,2,8H2,1H3,(H,17,18)(H,15,16,19). The van der Waals surface area contributed by atoms with Gasteiger partial charge >= 0.3 is 12.1 Å². The molecule has 0 fully saturated rings. The topological polar surface area (TPSA) is 88.5 Å². The highest BCUT2D eigenvalue weighted by molar-refractivity contribution is 7.17. The van der Waals surface area contributed by atoms with Crippen molar-refractivity contribution < 1.29 is 19.4 Å². The molecule has 0 bridgehead atoms. The van der Waals surface area contributed by atoms with Crippen molar-refractivity contribution >= 4 is 28.5 Å². The Labute approximate surface area is 125 Å². The summed E-state index contributed by atoms with van der Waals surface area (Å²) in [6, 6.07) is 9.26. The van der Waals surface area contributed by atoms with E-state index in [1.807, 2.05) is 30.3 Å². The number of thiazole rings is 1. The second kappa shape index (κ2) is 6.85. The Balaban J connectivity index is 1.95. The molecule has 2 N–H and O–H groups in total. The molecule has 0 aliphatic carbocycles. The van der Waals surface area contributed by atoms with Gasteiger partial charge in [-0.25, -0.2) is 14.6 Å². The molecule has 21 heavy (non-hydrogen) atoms. The van der Waals surface area contributed by atoms with Crippen LogP contribution in [0.25, 0.3) is 0 Å². The molecule has 0 atom stereocenters. The molecule has 1 aromatic heterocycles. The van der Waals surface area contributed by atoms with E-state index in [0.29, 0.717) is 12.1 Å². The van der Waals surface area contributed by atoms with Crippen molar-refractivity contribution in [2.24, 2.45) is 0 Å². The van der Waals surface area contributed by atoms with Crippen LogP contribution in [0, 0.1) is 0 Å². The molecule has 0 spiro atoms. The smallest absolute Gasteiger partial charge is 0.413 e. The first kappa shape index (κ1) is 15.0. The summed E-state index contributed by atoms with van der Waals surface area (Å²) in [4.78, 5) is 26.9. The van der Waals surface area contributed by atoms with E-state index in [9.17, 15) is 9.59 Å². The highest BCUT2D eigenvalue weighted by Crippen LogP contribution is 2.23. The van der Waals surface area contributed by atoms with Crippen LogP contribution in [0.1, 0.15) is 27.9 Å². The lowest BCUT2D eigenvalue weighted by molar-refractivity contribution is 0.0700. The lowest BCUT2D eigenvalue weighted by Gasteiger charge is -2.04. The zero-order valence-electron chi connectivity index (χ0n) is 11.3. The molecule has 1 amide bonds. The molecule has 7 heteroatoms. The number of aryl methyl sites for hydroxylation is 1. The first-order valence-corrected chi connectivity index (χ1v) is 7.12. The van der Waals surface area contributed by atoms with Crippen LogP contribution in [-0.2, 0) is 17.8 Å². The maximum absolute atomic E-state index is 11.7. The lowest BCUT2D eigenvalue weighted by atomic mass is 10.2. The maximum atomic E-state index is 11.7. The molecule has 0 saturated carbocycles. The molecule has 2 aromatic rings. The summed E-state index contributed by atoms with van der Waals surface area (Å²) >= 11 is 0.920. The van der Waals surface area contributed by atoms with Crippen molar-refractivity contribution in [1.29, 1.82) is 0 Å². The third-order valence-corrected chi connectivity index (χ3v) is 3.65. The molecule has 0 unspecified atom stereocenters. The van der Waals surface area contributed by atoms with Gasteiger partial charge in [-0.05, 0) is 12.0 Å². The second-order valence-electron chi connectivity index (χ2n) is 4.14. The van der Waals surface area contributed by atoms with Crippen molar-refractivity contribution in [2.75, 3.05) is 5.32 Å². The lowest BCUT2D eigenvalue weighted by Crippen LogP contribution is -2.13. The number of amides is 1. The van der Waals surface area contributed by atoms with Crippen molar-refractivity contribution in [3.05, 3.63) is 46.5 Å². The van der Waals surface area contributed by atoms with Gasteiger partial charge in [0.2, 0.25) is 0 Å². The largest absolute Gasteiger partial charge is 0.477 e. The quantitative estimate of drug-likeness (QED) is 0.885. The van der Waals surface area contributed by atoms with E-state index in [-0.39, 0.29) is 16.6 Å². The molecule has 1 heterocycles. The van der Waals surface area contributed by atoms with Gasteiger partial charge in [0.15, 0.2) is 5.13 Å². The van der Waals surface area contributed by atoms with Gasteiger partial charge in [-0.3, -0.25) is 5.32 Å². The van der Waals surface area contributed by atoms with E-state index < -0.39 is 12.1 Å². The first-order chi connectivity index (χ1) is 10.1. The average molecular weight is 306 g/mol. The van der Waals surface area contributed by atoms with Gasteiger partial charge < -0.3 is 9.84 Å². The minimum atomic E-state index is -1.05. The van der Waals surface area contributed by atoms with E-state index >= 15 is 0 Å². The molecular weight excluding hydrogens is 292 g/mol. The van der Waals surface area contributed by atoms with Crippen molar-refractivity contribution in [3.8, 4) is 0 Å². The molecule has 0 aliphatic heterocycles. The van der Waals surface area contributed by atoms with Crippen molar-refractivity contribution in [1.82, 2.24) is 4.98 Å². The van der Waals surface area contributed by atoms with E-state index in [1.54, 1.807) is 6.92 Å². The highest BCUT2D eigenvalue weighted by atomic mass is 32.1. The molecule has 110 valence electrons.